The van der Waals surface area contributed by atoms with Crippen molar-refractivity contribution in [2.75, 3.05) is 6.54 Å². The van der Waals surface area contributed by atoms with Gasteiger partial charge in [0.15, 0.2) is 0 Å². The summed E-state index contributed by atoms with van der Waals surface area (Å²) in [6, 6.07) is 6.74. The van der Waals surface area contributed by atoms with Crippen LogP contribution in [0.5, 0.6) is 0 Å². The predicted molar refractivity (Wildman–Crippen MR) is 75.9 cm³/mol. The molecule has 3 nitrogen and oxygen atoms in total. The van der Waals surface area contributed by atoms with E-state index in [0.717, 1.165) is 37.8 Å². The number of nitrogens with one attached hydrogen (secondary N) is 1. The number of carbonyl (C=O) groups is 1. The summed E-state index contributed by atoms with van der Waals surface area (Å²) < 4.78 is 12.9. The number of halogens is 1. The van der Waals surface area contributed by atoms with Gasteiger partial charge in [-0.3, -0.25) is 4.79 Å². The molecule has 0 radical (unpaired) electrons. The minimum atomic E-state index is -0.656. The van der Waals surface area contributed by atoms with Gasteiger partial charge in [0.05, 0.1) is 5.92 Å². The van der Waals surface area contributed by atoms with E-state index in [4.69, 9.17) is 5.11 Å². The molecule has 1 unspecified atom stereocenters. The Morgan fingerprint density at radius 1 is 1.30 bits per heavy atom. The highest BCUT2D eigenvalue weighted by Gasteiger charge is 2.25. The third kappa shape index (κ3) is 4.04. The Balaban J connectivity index is 1.75. The molecule has 1 aromatic carbocycles. The maximum atomic E-state index is 12.9. The van der Waals surface area contributed by atoms with Gasteiger partial charge < -0.3 is 10.4 Å². The summed E-state index contributed by atoms with van der Waals surface area (Å²) in [6.07, 6.45) is 3.51. The fourth-order valence-corrected chi connectivity index (χ4v) is 2.83. The molecule has 1 atom stereocenters. The monoisotopic (exact) mass is 279 g/mol. The van der Waals surface area contributed by atoms with Crippen molar-refractivity contribution in [3.63, 3.8) is 0 Å². The SMILES string of the molecule is CC(NCC1CCC(C(=O)O)CC1)c1ccc(F)cc1. The molecule has 0 aromatic heterocycles. The molecule has 1 aromatic rings. The minimum absolute atomic E-state index is 0.152. The molecule has 0 saturated heterocycles. The molecule has 1 aliphatic rings. The Bertz CT molecular complexity index is 438. The highest BCUT2D eigenvalue weighted by atomic mass is 19.1. The lowest BCUT2D eigenvalue weighted by Gasteiger charge is -2.27. The number of aliphatic carboxylic acids is 1. The average molecular weight is 279 g/mol. The van der Waals surface area contributed by atoms with E-state index >= 15 is 0 Å². The fraction of sp³-hybridized carbons (Fsp3) is 0.562. The third-order valence-electron chi connectivity index (χ3n) is 4.28. The Labute approximate surface area is 119 Å². The Morgan fingerprint density at radius 3 is 2.45 bits per heavy atom. The standard InChI is InChI=1S/C16H22FNO2/c1-11(13-6-8-15(17)9-7-13)18-10-12-2-4-14(5-3-12)16(19)20/h6-9,11-12,14,18H,2-5,10H2,1H3,(H,19,20). The number of hydrogen-bond acceptors (Lipinski definition) is 2. The van der Waals surface area contributed by atoms with Crippen LogP contribution in [-0.2, 0) is 4.79 Å². The van der Waals surface area contributed by atoms with E-state index < -0.39 is 5.97 Å². The molecule has 2 N–H and O–H groups in total. The summed E-state index contributed by atoms with van der Waals surface area (Å²) in [4.78, 5) is 10.9. The second-order valence-corrected chi connectivity index (χ2v) is 5.74. The largest absolute Gasteiger partial charge is 0.481 e. The van der Waals surface area contributed by atoms with Gasteiger partial charge in [-0.15, -0.1) is 0 Å². The van der Waals surface area contributed by atoms with Crippen molar-refractivity contribution < 1.29 is 14.3 Å². The van der Waals surface area contributed by atoms with E-state index in [1.54, 1.807) is 12.1 Å². The van der Waals surface area contributed by atoms with Crippen molar-refractivity contribution in [3.8, 4) is 0 Å². The van der Waals surface area contributed by atoms with Crippen LogP contribution in [0.15, 0.2) is 24.3 Å². The zero-order valence-electron chi connectivity index (χ0n) is 11.8. The first-order chi connectivity index (χ1) is 9.56. The Hall–Kier alpha value is -1.42. The van der Waals surface area contributed by atoms with Crippen molar-refractivity contribution in [1.82, 2.24) is 5.32 Å². The Kier molecular flexibility index (Phi) is 5.12. The van der Waals surface area contributed by atoms with Gasteiger partial charge in [0, 0.05) is 6.04 Å². The van der Waals surface area contributed by atoms with Gasteiger partial charge in [0.25, 0.3) is 0 Å². The van der Waals surface area contributed by atoms with Crippen LogP contribution >= 0.6 is 0 Å². The highest BCUT2D eigenvalue weighted by Crippen LogP contribution is 2.29. The van der Waals surface area contributed by atoms with Crippen LogP contribution < -0.4 is 5.32 Å². The normalized spacial score (nSPS) is 24.3. The van der Waals surface area contributed by atoms with E-state index in [1.807, 2.05) is 0 Å². The van der Waals surface area contributed by atoms with Crippen molar-refractivity contribution >= 4 is 5.97 Å². The number of hydrogen-bond donors (Lipinski definition) is 2. The zero-order valence-corrected chi connectivity index (χ0v) is 11.8. The highest BCUT2D eigenvalue weighted by molar-refractivity contribution is 5.69. The minimum Gasteiger partial charge on any atom is -0.481 e. The lowest BCUT2D eigenvalue weighted by molar-refractivity contribution is -0.143. The van der Waals surface area contributed by atoms with Gasteiger partial charge in [-0.1, -0.05) is 12.1 Å². The first-order valence-electron chi connectivity index (χ1n) is 7.28. The summed E-state index contributed by atoms with van der Waals surface area (Å²) >= 11 is 0. The van der Waals surface area contributed by atoms with Crippen molar-refractivity contribution in [3.05, 3.63) is 35.6 Å². The van der Waals surface area contributed by atoms with E-state index in [9.17, 15) is 9.18 Å². The van der Waals surface area contributed by atoms with Crippen LogP contribution in [0.1, 0.15) is 44.2 Å². The predicted octanol–water partition coefficient (Wildman–Crippen LogP) is 3.37. The van der Waals surface area contributed by atoms with E-state index in [2.05, 4.69) is 12.2 Å². The average Bonchev–Trinajstić information content (AvgIpc) is 2.46. The van der Waals surface area contributed by atoms with Gasteiger partial charge in [0.1, 0.15) is 5.82 Å². The summed E-state index contributed by atoms with van der Waals surface area (Å²) in [7, 11) is 0. The zero-order chi connectivity index (χ0) is 14.5. The van der Waals surface area contributed by atoms with Gasteiger partial charge in [-0.25, -0.2) is 4.39 Å². The molecular weight excluding hydrogens is 257 g/mol. The number of carboxylic acid groups (broad SMARTS) is 1. The quantitative estimate of drug-likeness (QED) is 0.869. The van der Waals surface area contributed by atoms with Gasteiger partial charge >= 0.3 is 5.97 Å². The smallest absolute Gasteiger partial charge is 0.306 e. The lowest BCUT2D eigenvalue weighted by Crippen LogP contribution is -2.30. The summed E-state index contributed by atoms with van der Waals surface area (Å²) in [5.74, 6) is -0.474. The topological polar surface area (TPSA) is 49.3 Å². The third-order valence-corrected chi connectivity index (χ3v) is 4.28. The second-order valence-electron chi connectivity index (χ2n) is 5.74. The molecule has 0 spiro atoms. The number of rotatable bonds is 5. The molecule has 1 fully saturated rings. The van der Waals surface area contributed by atoms with Gasteiger partial charge in [0.2, 0.25) is 0 Å². The molecule has 20 heavy (non-hydrogen) atoms. The summed E-state index contributed by atoms with van der Waals surface area (Å²) in [5, 5.41) is 12.4. The number of benzene rings is 1. The van der Waals surface area contributed by atoms with Crippen LogP contribution in [0.2, 0.25) is 0 Å². The van der Waals surface area contributed by atoms with Gasteiger partial charge in [-0.2, -0.15) is 0 Å². The second kappa shape index (κ2) is 6.84. The van der Waals surface area contributed by atoms with E-state index in [-0.39, 0.29) is 17.8 Å². The van der Waals surface area contributed by atoms with Crippen molar-refractivity contribution in [2.24, 2.45) is 11.8 Å². The van der Waals surface area contributed by atoms with Crippen molar-refractivity contribution in [1.29, 1.82) is 0 Å². The van der Waals surface area contributed by atoms with Crippen LogP contribution in [-0.4, -0.2) is 17.6 Å². The number of carboxylic acids is 1. The van der Waals surface area contributed by atoms with Crippen molar-refractivity contribution in [2.45, 2.75) is 38.6 Å². The fourth-order valence-electron chi connectivity index (χ4n) is 2.83. The van der Waals surface area contributed by atoms with Crippen LogP contribution in [0.25, 0.3) is 0 Å². The first-order valence-corrected chi connectivity index (χ1v) is 7.28. The van der Waals surface area contributed by atoms with Crippen LogP contribution in [0, 0.1) is 17.7 Å². The molecule has 4 heteroatoms. The summed E-state index contributed by atoms with van der Waals surface area (Å²) in [5.41, 5.74) is 1.07. The molecular formula is C16H22FNO2. The lowest BCUT2D eigenvalue weighted by atomic mass is 9.82. The molecule has 0 amide bonds. The maximum Gasteiger partial charge on any atom is 0.306 e. The molecule has 110 valence electrons. The van der Waals surface area contributed by atoms with Gasteiger partial charge in [-0.05, 0) is 62.8 Å². The van der Waals surface area contributed by atoms with E-state index in [1.165, 1.54) is 12.1 Å². The van der Waals surface area contributed by atoms with Crippen LogP contribution in [0.3, 0.4) is 0 Å². The first kappa shape index (κ1) is 15.0. The molecule has 0 aliphatic heterocycles. The molecule has 2 rings (SSSR count). The molecule has 1 saturated carbocycles. The van der Waals surface area contributed by atoms with E-state index in [0.29, 0.717) is 5.92 Å². The molecule has 0 heterocycles. The van der Waals surface area contributed by atoms with Crippen LogP contribution in [0.4, 0.5) is 4.39 Å². The molecule has 1 aliphatic carbocycles. The summed E-state index contributed by atoms with van der Waals surface area (Å²) in [6.45, 7) is 2.96. The molecule has 0 bridgehead atoms. The maximum absolute atomic E-state index is 12.9. The Morgan fingerprint density at radius 2 is 1.90 bits per heavy atom.